The number of halogens is 1. The van der Waals surface area contributed by atoms with Crippen LogP contribution >= 0.6 is 15.9 Å². The van der Waals surface area contributed by atoms with Crippen LogP contribution in [0, 0.1) is 18.3 Å². The molecule has 2 N–H and O–H groups in total. The van der Waals surface area contributed by atoms with Gasteiger partial charge in [0.1, 0.15) is 11.8 Å². The lowest BCUT2D eigenvalue weighted by molar-refractivity contribution is -0.123. The SMILES string of the molecule is C/C(CC(=O)Nc1ccccc1C#N)=N\NC(=O)COc1ccc(Br)c(C)c1. The molecule has 0 aliphatic carbocycles. The van der Waals surface area contributed by atoms with Crippen molar-refractivity contribution in [3.05, 3.63) is 58.1 Å². The molecule has 0 aliphatic rings. The molecule has 8 heteroatoms. The molecule has 28 heavy (non-hydrogen) atoms. The lowest BCUT2D eigenvalue weighted by Gasteiger charge is -2.08. The third-order valence-corrected chi connectivity index (χ3v) is 4.50. The van der Waals surface area contributed by atoms with Crippen molar-refractivity contribution in [3.8, 4) is 11.8 Å². The Morgan fingerprint density at radius 1 is 1.21 bits per heavy atom. The number of anilines is 1. The Labute approximate surface area is 171 Å². The van der Waals surface area contributed by atoms with Crippen molar-refractivity contribution in [2.45, 2.75) is 20.3 Å². The topological polar surface area (TPSA) is 104 Å². The van der Waals surface area contributed by atoms with E-state index in [1.807, 2.05) is 25.1 Å². The minimum Gasteiger partial charge on any atom is -0.484 e. The number of amides is 2. The van der Waals surface area contributed by atoms with Gasteiger partial charge in [-0.3, -0.25) is 9.59 Å². The number of carbonyl (C=O) groups is 2. The number of nitrogens with one attached hydrogen (secondary N) is 2. The summed E-state index contributed by atoms with van der Waals surface area (Å²) in [5, 5.41) is 15.6. The molecule has 0 fully saturated rings. The monoisotopic (exact) mass is 442 g/mol. The van der Waals surface area contributed by atoms with E-state index in [1.54, 1.807) is 37.3 Å². The zero-order chi connectivity index (χ0) is 20.5. The summed E-state index contributed by atoms with van der Waals surface area (Å²) in [6.07, 6.45) is -0.0210. The Hall–Kier alpha value is -3.18. The number of para-hydroxylation sites is 1. The van der Waals surface area contributed by atoms with Crippen LogP contribution in [-0.2, 0) is 9.59 Å². The minimum absolute atomic E-state index is 0.0210. The third kappa shape index (κ3) is 6.52. The second-order valence-corrected chi connectivity index (χ2v) is 6.82. The normalized spacial score (nSPS) is 10.7. The average Bonchev–Trinajstić information content (AvgIpc) is 2.67. The van der Waals surface area contributed by atoms with E-state index in [9.17, 15) is 9.59 Å². The van der Waals surface area contributed by atoms with E-state index >= 15 is 0 Å². The third-order valence-electron chi connectivity index (χ3n) is 3.61. The summed E-state index contributed by atoms with van der Waals surface area (Å²) in [5.74, 6) is -0.193. The van der Waals surface area contributed by atoms with Gasteiger partial charge in [-0.1, -0.05) is 28.1 Å². The minimum atomic E-state index is -0.435. The van der Waals surface area contributed by atoms with Crippen LogP contribution in [-0.4, -0.2) is 24.1 Å². The molecule has 2 aromatic rings. The predicted octanol–water partition coefficient (Wildman–Crippen LogP) is 3.53. The van der Waals surface area contributed by atoms with E-state index in [4.69, 9.17) is 10.00 Å². The molecule has 0 saturated heterocycles. The quantitative estimate of drug-likeness (QED) is 0.505. The highest BCUT2D eigenvalue weighted by Gasteiger charge is 2.09. The molecule has 2 rings (SSSR count). The maximum absolute atomic E-state index is 12.1. The Balaban J connectivity index is 1.81. The van der Waals surface area contributed by atoms with Gasteiger partial charge in [-0.15, -0.1) is 0 Å². The van der Waals surface area contributed by atoms with Crippen LogP contribution in [0.1, 0.15) is 24.5 Å². The van der Waals surface area contributed by atoms with Gasteiger partial charge in [-0.05, 0) is 49.7 Å². The number of hydrazone groups is 1. The summed E-state index contributed by atoms with van der Waals surface area (Å²) < 4.78 is 6.37. The van der Waals surface area contributed by atoms with Crippen molar-refractivity contribution in [1.82, 2.24) is 5.43 Å². The summed E-state index contributed by atoms with van der Waals surface area (Å²) in [7, 11) is 0. The zero-order valence-electron chi connectivity index (χ0n) is 15.5. The van der Waals surface area contributed by atoms with Gasteiger partial charge in [0.05, 0.1) is 17.7 Å². The molecule has 0 unspecified atom stereocenters. The average molecular weight is 443 g/mol. The Morgan fingerprint density at radius 2 is 1.96 bits per heavy atom. The predicted molar refractivity (Wildman–Crippen MR) is 110 cm³/mol. The lowest BCUT2D eigenvalue weighted by atomic mass is 10.2. The fourth-order valence-electron chi connectivity index (χ4n) is 2.20. The summed E-state index contributed by atoms with van der Waals surface area (Å²) in [6, 6.07) is 14.1. The molecule has 0 bridgehead atoms. The summed E-state index contributed by atoms with van der Waals surface area (Å²) >= 11 is 3.40. The molecule has 0 heterocycles. The highest BCUT2D eigenvalue weighted by molar-refractivity contribution is 9.10. The van der Waals surface area contributed by atoms with E-state index in [1.165, 1.54) is 0 Å². The standard InChI is InChI=1S/C20H19BrN4O3/c1-13-9-16(7-8-17(13)21)28-12-20(27)25-24-14(2)10-19(26)23-18-6-4-3-5-15(18)11-22/h3-9H,10,12H2,1-2H3,(H,23,26)(H,25,27)/b24-14+. The number of hydrogen-bond donors (Lipinski definition) is 2. The van der Waals surface area contributed by atoms with Crippen LogP contribution in [0.3, 0.4) is 0 Å². The van der Waals surface area contributed by atoms with Gasteiger partial charge >= 0.3 is 0 Å². The molecule has 0 radical (unpaired) electrons. The number of benzene rings is 2. The summed E-state index contributed by atoms with van der Waals surface area (Å²) in [5.41, 5.74) is 4.57. The second kappa shape index (κ2) is 10.2. The number of ether oxygens (including phenoxy) is 1. The van der Waals surface area contributed by atoms with Crippen molar-refractivity contribution in [1.29, 1.82) is 5.26 Å². The molecule has 0 saturated carbocycles. The van der Waals surface area contributed by atoms with Gasteiger partial charge in [0, 0.05) is 10.2 Å². The lowest BCUT2D eigenvalue weighted by Crippen LogP contribution is -2.26. The molecule has 0 spiro atoms. The van der Waals surface area contributed by atoms with Gasteiger partial charge in [0.2, 0.25) is 5.91 Å². The number of hydrogen-bond acceptors (Lipinski definition) is 5. The molecule has 2 amide bonds. The van der Waals surface area contributed by atoms with Gasteiger partial charge in [-0.2, -0.15) is 10.4 Å². The van der Waals surface area contributed by atoms with E-state index in [0.29, 0.717) is 22.7 Å². The van der Waals surface area contributed by atoms with E-state index < -0.39 is 5.91 Å². The fraction of sp³-hybridized carbons (Fsp3) is 0.200. The highest BCUT2D eigenvalue weighted by atomic mass is 79.9. The molecule has 2 aromatic carbocycles. The fourth-order valence-corrected chi connectivity index (χ4v) is 2.45. The number of aryl methyl sites for hydroxylation is 1. The van der Waals surface area contributed by atoms with E-state index in [0.717, 1.165) is 10.0 Å². The maximum Gasteiger partial charge on any atom is 0.277 e. The first kappa shape index (κ1) is 21.1. The van der Waals surface area contributed by atoms with Gasteiger partial charge in [0.25, 0.3) is 5.91 Å². The van der Waals surface area contributed by atoms with Crippen molar-refractivity contribution < 1.29 is 14.3 Å². The smallest absolute Gasteiger partial charge is 0.277 e. The first-order valence-corrected chi connectivity index (χ1v) is 9.18. The van der Waals surface area contributed by atoms with Gasteiger partial charge in [0.15, 0.2) is 6.61 Å². The number of carbonyl (C=O) groups excluding carboxylic acids is 2. The highest BCUT2D eigenvalue weighted by Crippen LogP contribution is 2.21. The number of nitrogens with zero attached hydrogens (tertiary/aromatic N) is 2. The first-order valence-electron chi connectivity index (χ1n) is 8.39. The van der Waals surface area contributed by atoms with Crippen LogP contribution in [0.15, 0.2) is 52.0 Å². The molecule has 144 valence electrons. The van der Waals surface area contributed by atoms with Crippen molar-refractivity contribution >= 4 is 39.1 Å². The molecule has 0 aliphatic heterocycles. The summed E-state index contributed by atoms with van der Waals surface area (Å²) in [6.45, 7) is 3.35. The maximum atomic E-state index is 12.1. The number of rotatable bonds is 7. The van der Waals surface area contributed by atoms with Crippen LogP contribution in [0.5, 0.6) is 5.75 Å². The second-order valence-electron chi connectivity index (χ2n) is 5.96. The zero-order valence-corrected chi connectivity index (χ0v) is 17.0. The van der Waals surface area contributed by atoms with Crippen LogP contribution in [0.4, 0.5) is 5.69 Å². The molecule has 0 atom stereocenters. The van der Waals surface area contributed by atoms with Gasteiger partial charge < -0.3 is 10.1 Å². The molecule has 0 aromatic heterocycles. The first-order chi connectivity index (χ1) is 13.4. The Morgan fingerprint density at radius 3 is 2.68 bits per heavy atom. The largest absolute Gasteiger partial charge is 0.484 e. The van der Waals surface area contributed by atoms with Crippen LogP contribution in [0.25, 0.3) is 0 Å². The van der Waals surface area contributed by atoms with Crippen LogP contribution < -0.4 is 15.5 Å². The Kier molecular flexibility index (Phi) is 7.72. The van der Waals surface area contributed by atoms with Crippen molar-refractivity contribution in [2.24, 2.45) is 5.10 Å². The van der Waals surface area contributed by atoms with Crippen LogP contribution in [0.2, 0.25) is 0 Å². The van der Waals surface area contributed by atoms with E-state index in [-0.39, 0.29) is 18.9 Å². The molecular formula is C20H19BrN4O3. The van der Waals surface area contributed by atoms with E-state index in [2.05, 4.69) is 31.8 Å². The molecule has 7 nitrogen and oxygen atoms in total. The van der Waals surface area contributed by atoms with Gasteiger partial charge in [-0.25, -0.2) is 5.43 Å². The summed E-state index contributed by atoms with van der Waals surface area (Å²) in [4.78, 5) is 23.9. The van der Waals surface area contributed by atoms with Crippen molar-refractivity contribution in [3.63, 3.8) is 0 Å². The van der Waals surface area contributed by atoms with Crippen molar-refractivity contribution in [2.75, 3.05) is 11.9 Å². The number of nitriles is 1. The molecular weight excluding hydrogens is 424 g/mol. The Bertz CT molecular complexity index is 951.